The summed E-state index contributed by atoms with van der Waals surface area (Å²) in [7, 11) is 0. The molecule has 1 aliphatic carbocycles. The molecule has 98 valence electrons. The first-order valence-corrected chi connectivity index (χ1v) is 2.57. The largest absolute Gasteiger partial charge is 0.358 e. The molecule has 0 saturated heterocycles. The van der Waals surface area contributed by atoms with Crippen molar-refractivity contribution in [2.24, 2.45) is 0 Å². The van der Waals surface area contributed by atoms with Crippen LogP contribution >= 0.6 is 24.8 Å². The summed E-state index contributed by atoms with van der Waals surface area (Å²) in [4.78, 5) is 0. The molecule has 0 unspecified atom stereocenters. The van der Waals surface area contributed by atoms with Crippen molar-refractivity contribution in [2.75, 3.05) is 0 Å². The van der Waals surface area contributed by atoms with Gasteiger partial charge >= 0.3 is 0 Å². The molecule has 0 aliphatic heterocycles. The Bertz CT molecular complexity index is 121. The number of rotatable bonds is 1. The molecule has 0 fully saturated rings. The van der Waals surface area contributed by atoms with Crippen LogP contribution in [0.15, 0.2) is 23.8 Å². The van der Waals surface area contributed by atoms with E-state index in [9.17, 15) is 0 Å². The van der Waals surface area contributed by atoms with E-state index in [1.807, 2.05) is 0 Å². The molecule has 1 rings (SSSR count). The number of hydrogen-bond donors (Lipinski definition) is 0. The van der Waals surface area contributed by atoms with Crippen LogP contribution in [-0.2, 0) is 26.2 Å². The van der Waals surface area contributed by atoms with Crippen LogP contribution in [-0.4, -0.2) is 0 Å². The number of allylic oxidation sites excluding steroid dienone is 4. The van der Waals surface area contributed by atoms with Gasteiger partial charge < -0.3 is 44.1 Å². The first-order chi connectivity index (χ1) is 3.43. The topological polar surface area (TPSA) is 0 Å². The van der Waals surface area contributed by atoms with E-state index in [1.54, 1.807) is 0 Å². The molecule has 0 radical (unpaired) electrons. The van der Waals surface area contributed by atoms with Crippen LogP contribution in [0.3, 0.4) is 0 Å². The second-order valence-electron chi connectivity index (χ2n) is 1.71. The van der Waals surface area contributed by atoms with Gasteiger partial charge in [0.25, 0.3) is 0 Å². The molecule has 0 atom stereocenters. The fraction of sp³-hybridized carbons (Fsp3) is 0.167. The summed E-state index contributed by atoms with van der Waals surface area (Å²) in [6.45, 7) is 3.76. The van der Waals surface area contributed by atoms with Gasteiger partial charge in [0, 0.05) is 26.2 Å². The smallest absolute Gasteiger partial charge is 0 e. The molecule has 1 aliphatic rings. The zero-order valence-corrected chi connectivity index (χ0v) is 14.8. The Morgan fingerprint density at radius 1 is 1.00 bits per heavy atom. The van der Waals surface area contributed by atoms with Gasteiger partial charge in [0.05, 0.1) is 0 Å². The Hall–Kier alpha value is 0.943. The third kappa shape index (κ3) is 25.3. The third-order valence-electron chi connectivity index (χ3n) is 1.17. The summed E-state index contributed by atoms with van der Waals surface area (Å²) in [6.07, 6.45) is 8.46. The molecule has 0 saturated carbocycles. The van der Waals surface area contributed by atoms with Crippen LogP contribution in [0.5, 0.6) is 0 Å². The summed E-state index contributed by atoms with van der Waals surface area (Å²) in [5, 5.41) is 0. The molecule has 0 aromatic carbocycles. The zero-order chi connectivity index (χ0) is 5.11. The van der Waals surface area contributed by atoms with Crippen molar-refractivity contribution in [3.05, 3.63) is 67.9 Å². The summed E-state index contributed by atoms with van der Waals surface area (Å²) >= 11 is 0. The normalized spacial score (nSPS) is 8.20. The standard InChI is InChI=1S/C7H9.5CH3.2ClH.Zr/c1-2-7-5-3-4-6-7;;;;;;;;/h3-5H,1-2,6H2;5*1H3;2*1H;/q6*-1;;;. The Morgan fingerprint density at radius 2 is 1.40 bits per heavy atom. The van der Waals surface area contributed by atoms with Gasteiger partial charge in [-0.2, -0.15) is 6.42 Å². The summed E-state index contributed by atoms with van der Waals surface area (Å²) in [5.74, 6) is 0. The Morgan fingerprint density at radius 3 is 1.53 bits per heavy atom. The molecule has 0 aromatic rings. The molecule has 0 nitrogen and oxygen atoms in total. The molecule has 15 heavy (non-hydrogen) atoms. The molecule has 0 heterocycles. The molecule has 0 spiro atoms. The van der Waals surface area contributed by atoms with E-state index in [0.29, 0.717) is 0 Å². The monoisotopic (exact) mass is 330 g/mol. The minimum atomic E-state index is 0. The van der Waals surface area contributed by atoms with E-state index in [1.165, 1.54) is 5.57 Å². The van der Waals surface area contributed by atoms with E-state index in [2.05, 4.69) is 25.2 Å². The molecular formula is C12H26Cl2Zr-6. The van der Waals surface area contributed by atoms with E-state index in [0.717, 1.165) is 12.8 Å². The van der Waals surface area contributed by atoms with Gasteiger partial charge in [-0.05, 0) is 6.42 Å². The van der Waals surface area contributed by atoms with Gasteiger partial charge in [-0.3, -0.25) is 0 Å². The molecule has 3 heteroatoms. The van der Waals surface area contributed by atoms with Crippen LogP contribution in [0.4, 0.5) is 0 Å². The van der Waals surface area contributed by atoms with E-state index < -0.39 is 0 Å². The van der Waals surface area contributed by atoms with Crippen molar-refractivity contribution in [1.29, 1.82) is 0 Å². The summed E-state index contributed by atoms with van der Waals surface area (Å²) < 4.78 is 0. The Labute approximate surface area is 131 Å². The third-order valence-corrected chi connectivity index (χ3v) is 1.17. The van der Waals surface area contributed by atoms with E-state index in [-0.39, 0.29) is 88.2 Å². The predicted octanol–water partition coefficient (Wildman–Crippen LogP) is 5.19. The zero-order valence-electron chi connectivity index (χ0n) is 10.7. The molecular weight excluding hydrogens is 306 g/mol. The minimum absolute atomic E-state index is 0. The first kappa shape index (κ1) is 56.4. The van der Waals surface area contributed by atoms with Gasteiger partial charge in [-0.1, -0.05) is 23.8 Å². The van der Waals surface area contributed by atoms with Crippen LogP contribution in [0, 0.1) is 44.1 Å². The quantitative estimate of drug-likeness (QED) is 0.580. The number of halogens is 2. The van der Waals surface area contributed by atoms with Gasteiger partial charge in [0.2, 0.25) is 0 Å². The van der Waals surface area contributed by atoms with Crippen molar-refractivity contribution in [3.8, 4) is 0 Å². The van der Waals surface area contributed by atoms with Gasteiger partial charge in [0.1, 0.15) is 0 Å². The molecule has 0 bridgehead atoms. The molecule has 0 aromatic heterocycles. The summed E-state index contributed by atoms with van der Waals surface area (Å²) in [5.41, 5.74) is 1.44. The maximum atomic E-state index is 3.76. The second kappa shape index (κ2) is 36.3. The van der Waals surface area contributed by atoms with Crippen molar-refractivity contribution >= 4 is 24.8 Å². The van der Waals surface area contributed by atoms with Crippen LogP contribution in [0.2, 0.25) is 0 Å². The van der Waals surface area contributed by atoms with Gasteiger partial charge in [-0.25, -0.2) is 0 Å². The fourth-order valence-electron chi connectivity index (χ4n) is 0.677. The molecule has 0 N–H and O–H groups in total. The van der Waals surface area contributed by atoms with Crippen molar-refractivity contribution in [2.45, 2.75) is 12.8 Å². The van der Waals surface area contributed by atoms with E-state index >= 15 is 0 Å². The average Bonchev–Trinajstić information content (AvgIpc) is 2.14. The molecule has 0 amide bonds. The maximum absolute atomic E-state index is 3.76. The maximum Gasteiger partial charge on any atom is 0 e. The first-order valence-electron chi connectivity index (χ1n) is 2.57. The van der Waals surface area contributed by atoms with Crippen LogP contribution in [0.1, 0.15) is 12.8 Å². The van der Waals surface area contributed by atoms with Crippen LogP contribution in [0.25, 0.3) is 0 Å². The van der Waals surface area contributed by atoms with Crippen molar-refractivity contribution in [3.63, 3.8) is 0 Å². The summed E-state index contributed by atoms with van der Waals surface area (Å²) in [6, 6.07) is 0. The number of hydrogen-bond acceptors (Lipinski definition) is 0. The average molecular weight is 332 g/mol. The Kier molecular flexibility index (Phi) is 137. The van der Waals surface area contributed by atoms with Crippen molar-refractivity contribution < 1.29 is 26.2 Å². The predicted molar refractivity (Wildman–Crippen MR) is 78.4 cm³/mol. The second-order valence-corrected chi connectivity index (χ2v) is 1.71. The fourth-order valence-corrected chi connectivity index (χ4v) is 0.677. The van der Waals surface area contributed by atoms with Gasteiger partial charge in [-0.15, -0.1) is 24.8 Å². The van der Waals surface area contributed by atoms with Crippen LogP contribution < -0.4 is 0 Å². The SMILES string of the molecule is Cl.Cl.[CH2-]CC1=CC=CC1.[CH3-].[CH3-].[CH3-].[CH3-].[CH3-].[Zr]. The van der Waals surface area contributed by atoms with Gasteiger partial charge in [0.15, 0.2) is 0 Å². The minimum Gasteiger partial charge on any atom is -0.358 e. The Balaban J connectivity index is -0.0000000102. The van der Waals surface area contributed by atoms with Crippen molar-refractivity contribution in [1.82, 2.24) is 0 Å². The van der Waals surface area contributed by atoms with E-state index in [4.69, 9.17) is 0 Å².